The quantitative estimate of drug-likeness (QED) is 0.0806. The fourth-order valence-corrected chi connectivity index (χ4v) is 5.67. The van der Waals surface area contributed by atoms with Crippen molar-refractivity contribution in [2.45, 2.75) is 178 Å². The summed E-state index contributed by atoms with van der Waals surface area (Å²) in [5.74, 6) is 2.01. The largest absolute Gasteiger partial charge is 1.00 e. The van der Waals surface area contributed by atoms with E-state index in [0.717, 1.165) is 37.8 Å². The lowest BCUT2D eigenvalue weighted by Crippen LogP contribution is -3.00. The lowest BCUT2D eigenvalue weighted by molar-refractivity contribution is -0.0000123. The zero-order valence-electron chi connectivity index (χ0n) is 31.7. The van der Waals surface area contributed by atoms with Crippen LogP contribution < -0.4 is 26.5 Å². The second-order valence-electron chi connectivity index (χ2n) is 13.8. The molecule has 4 nitrogen and oxygen atoms in total. The maximum absolute atomic E-state index is 5.84. The van der Waals surface area contributed by atoms with Crippen molar-refractivity contribution in [3.8, 4) is 11.5 Å². The number of hydrogen-bond acceptors (Lipinski definition) is 4. The highest BCUT2D eigenvalue weighted by molar-refractivity contribution is 5.28. The standard InChI is InChI=1S/C23H41NO.C19H33NO.3CH4.BrH/c1-4-5-6-7-8-9-10-11-12-13-14-15-20-25-23-18-16-22(17-19-23)21-24(2)3;1-4-5-6-7-8-9-10-11-16-21-19-14-12-18(13-15-19)17-20(2)3;;;;/h16-19H,4-15,20-21H2,1-3H3;12-15H,4-11,16-17H2,1-3H3;3*1H4;1H/p-1. The molecule has 2 aromatic carbocycles. The number of nitrogens with zero attached hydrogens (tertiary/aromatic N) is 2. The van der Waals surface area contributed by atoms with Crippen molar-refractivity contribution in [3.05, 3.63) is 59.7 Å². The molecule has 0 aliphatic heterocycles. The lowest BCUT2D eigenvalue weighted by atomic mass is 10.1. The van der Waals surface area contributed by atoms with E-state index >= 15 is 0 Å². The molecule has 0 saturated carbocycles. The zero-order chi connectivity index (χ0) is 33.5. The number of hydrogen-bond donors (Lipinski definition) is 0. The van der Waals surface area contributed by atoms with Crippen LogP contribution in [0, 0.1) is 0 Å². The van der Waals surface area contributed by atoms with E-state index in [1.165, 1.54) is 140 Å². The van der Waals surface area contributed by atoms with Gasteiger partial charge in [0.15, 0.2) is 0 Å². The summed E-state index contributed by atoms with van der Waals surface area (Å²) in [4.78, 5) is 4.36. The van der Waals surface area contributed by atoms with Crippen LogP contribution in [0.5, 0.6) is 11.5 Å². The van der Waals surface area contributed by atoms with E-state index in [0.29, 0.717) is 0 Å². The van der Waals surface area contributed by atoms with Gasteiger partial charge in [-0.05, 0) is 76.4 Å². The van der Waals surface area contributed by atoms with Crippen molar-refractivity contribution >= 4 is 0 Å². The van der Waals surface area contributed by atoms with E-state index in [-0.39, 0.29) is 39.3 Å². The molecule has 0 amide bonds. The van der Waals surface area contributed by atoms with Crippen LogP contribution in [0.3, 0.4) is 0 Å². The molecule has 2 aromatic rings. The molecule has 0 radical (unpaired) electrons. The molecule has 5 heteroatoms. The molecule has 0 unspecified atom stereocenters. The van der Waals surface area contributed by atoms with E-state index in [1.807, 2.05) is 0 Å². The highest BCUT2D eigenvalue weighted by Gasteiger charge is 2.00. The predicted octanol–water partition coefficient (Wildman–Crippen LogP) is 11.0. The van der Waals surface area contributed by atoms with Crippen LogP contribution in [0.1, 0.15) is 176 Å². The molecule has 0 atom stereocenters. The average molecular weight is 767 g/mol. The SMILES string of the molecule is C.C.C.CCCCCCCCCCCCCCOc1ccc(CN(C)C)cc1.CCCCCCCCCCOc1ccc(CN(C)C)cc1.[Br-]. The first-order valence-corrected chi connectivity index (χ1v) is 19.2. The second kappa shape index (κ2) is 40.2. The Labute approximate surface area is 325 Å². The van der Waals surface area contributed by atoms with Gasteiger partial charge in [0.25, 0.3) is 0 Å². The first-order valence-electron chi connectivity index (χ1n) is 19.2. The average Bonchev–Trinajstić information content (AvgIpc) is 3.04. The lowest BCUT2D eigenvalue weighted by Gasteiger charge is -2.11. The summed E-state index contributed by atoms with van der Waals surface area (Å²) < 4.78 is 11.6. The number of halogens is 1. The molecule has 0 spiro atoms. The summed E-state index contributed by atoms with van der Waals surface area (Å²) in [6, 6.07) is 17.0. The van der Waals surface area contributed by atoms with Crippen molar-refractivity contribution in [3.63, 3.8) is 0 Å². The molecule has 0 saturated heterocycles. The summed E-state index contributed by atoms with van der Waals surface area (Å²) in [5.41, 5.74) is 2.67. The van der Waals surface area contributed by atoms with Crippen molar-refractivity contribution in [2.24, 2.45) is 0 Å². The maximum atomic E-state index is 5.84. The zero-order valence-corrected chi connectivity index (χ0v) is 33.3. The van der Waals surface area contributed by atoms with Crippen LogP contribution in [0.2, 0.25) is 0 Å². The number of ether oxygens (including phenoxy) is 2. The minimum atomic E-state index is 0. The van der Waals surface area contributed by atoms with Gasteiger partial charge in [-0.1, -0.05) is 176 Å². The fourth-order valence-electron chi connectivity index (χ4n) is 5.67. The smallest absolute Gasteiger partial charge is 0.119 e. The third-order valence-corrected chi connectivity index (χ3v) is 8.38. The van der Waals surface area contributed by atoms with Crippen molar-refractivity contribution in [1.82, 2.24) is 9.80 Å². The maximum Gasteiger partial charge on any atom is 0.119 e. The van der Waals surface area contributed by atoms with E-state index < -0.39 is 0 Å². The molecule has 0 aliphatic carbocycles. The third kappa shape index (κ3) is 34.9. The number of unbranched alkanes of at least 4 members (excludes halogenated alkanes) is 18. The Morgan fingerprint density at radius 1 is 0.380 bits per heavy atom. The Hall–Kier alpha value is -1.56. The van der Waals surface area contributed by atoms with Gasteiger partial charge in [0.05, 0.1) is 13.2 Å². The van der Waals surface area contributed by atoms with Gasteiger partial charge in [-0.25, -0.2) is 0 Å². The van der Waals surface area contributed by atoms with Gasteiger partial charge in [0.1, 0.15) is 11.5 Å². The van der Waals surface area contributed by atoms with E-state index in [4.69, 9.17) is 9.47 Å². The van der Waals surface area contributed by atoms with E-state index in [2.05, 4.69) is 100 Å². The molecule has 50 heavy (non-hydrogen) atoms. The second-order valence-corrected chi connectivity index (χ2v) is 13.8. The molecule has 0 N–H and O–H groups in total. The number of rotatable bonds is 28. The Bertz CT molecular complexity index is 902. The van der Waals surface area contributed by atoms with Gasteiger partial charge in [-0.2, -0.15) is 0 Å². The van der Waals surface area contributed by atoms with Crippen molar-refractivity contribution < 1.29 is 26.5 Å². The van der Waals surface area contributed by atoms with Crippen LogP contribution in [-0.2, 0) is 13.1 Å². The highest BCUT2D eigenvalue weighted by atomic mass is 79.9. The van der Waals surface area contributed by atoms with Crippen LogP contribution in [0.25, 0.3) is 0 Å². The van der Waals surface area contributed by atoms with Crippen LogP contribution in [0.4, 0.5) is 0 Å². The van der Waals surface area contributed by atoms with Gasteiger partial charge < -0.3 is 36.3 Å². The van der Waals surface area contributed by atoms with Crippen LogP contribution in [-0.4, -0.2) is 51.2 Å². The van der Waals surface area contributed by atoms with Crippen LogP contribution >= 0.6 is 0 Å². The molecule has 0 aliphatic rings. The Kier molecular flexibility index (Phi) is 44.4. The van der Waals surface area contributed by atoms with Crippen molar-refractivity contribution in [1.29, 1.82) is 0 Å². The third-order valence-electron chi connectivity index (χ3n) is 8.38. The van der Waals surface area contributed by atoms with Crippen molar-refractivity contribution in [2.75, 3.05) is 41.4 Å². The molecule has 296 valence electrons. The summed E-state index contributed by atoms with van der Waals surface area (Å²) in [5, 5.41) is 0. The van der Waals surface area contributed by atoms with Gasteiger partial charge in [0, 0.05) is 13.1 Å². The van der Waals surface area contributed by atoms with E-state index in [9.17, 15) is 0 Å². The highest BCUT2D eigenvalue weighted by Crippen LogP contribution is 2.16. The van der Waals surface area contributed by atoms with Gasteiger partial charge in [0.2, 0.25) is 0 Å². The van der Waals surface area contributed by atoms with E-state index in [1.54, 1.807) is 0 Å². The first-order chi connectivity index (χ1) is 22.4. The Morgan fingerprint density at radius 3 is 0.860 bits per heavy atom. The molecule has 0 aromatic heterocycles. The minimum Gasteiger partial charge on any atom is -1.00 e. The summed E-state index contributed by atoms with van der Waals surface area (Å²) >= 11 is 0. The predicted molar refractivity (Wildman–Crippen MR) is 223 cm³/mol. The van der Waals surface area contributed by atoms with Gasteiger partial charge >= 0.3 is 0 Å². The topological polar surface area (TPSA) is 24.9 Å². The summed E-state index contributed by atoms with van der Waals surface area (Å²) in [6.45, 7) is 8.22. The normalized spacial score (nSPS) is 10.2. The monoisotopic (exact) mass is 766 g/mol. The fraction of sp³-hybridized carbons (Fsp3) is 0.733. The minimum absolute atomic E-state index is 0. The first kappa shape index (κ1) is 55.2. The summed E-state index contributed by atoms with van der Waals surface area (Å²) in [7, 11) is 8.37. The molecule has 0 heterocycles. The molecule has 2 rings (SSSR count). The van der Waals surface area contributed by atoms with Gasteiger partial charge in [-0.15, -0.1) is 0 Å². The number of benzene rings is 2. The molecular weight excluding hydrogens is 680 g/mol. The Morgan fingerprint density at radius 2 is 0.620 bits per heavy atom. The van der Waals surface area contributed by atoms with Crippen LogP contribution in [0.15, 0.2) is 48.5 Å². The summed E-state index contributed by atoms with van der Waals surface area (Å²) in [6.07, 6.45) is 27.4. The van der Waals surface area contributed by atoms with Gasteiger partial charge in [-0.3, -0.25) is 0 Å². The molecule has 0 bridgehead atoms. The Balaban J connectivity index is -0.000000397. The molecule has 0 fully saturated rings. The molecular formula is C45H86BrN2O2-.